The zero-order chi connectivity index (χ0) is 8.85. The van der Waals surface area contributed by atoms with Gasteiger partial charge in [-0.15, -0.1) is 0 Å². The second-order valence-corrected chi connectivity index (χ2v) is 3.86. The smallest absolute Gasteiger partial charge is 0.319 e. The van der Waals surface area contributed by atoms with E-state index < -0.39 is 0 Å². The fourth-order valence-electron chi connectivity index (χ4n) is 0.713. The average molecular weight is 223 g/mol. The lowest BCUT2D eigenvalue weighted by Gasteiger charge is -2.14. The molecule has 0 N–H and O–H groups in total. The minimum absolute atomic E-state index is 0.0856. The molecular weight excluding hydrogens is 208 g/mol. The van der Waals surface area contributed by atoms with Gasteiger partial charge in [-0.1, -0.05) is 29.8 Å². The topological polar surface area (TPSA) is 26.3 Å². The minimum Gasteiger partial charge on any atom is -0.462 e. The van der Waals surface area contributed by atoms with Gasteiger partial charge in [0, 0.05) is 0 Å². The van der Waals surface area contributed by atoms with Crippen LogP contribution in [0.15, 0.2) is 0 Å². The molecule has 0 aromatic carbocycles. The van der Waals surface area contributed by atoms with Crippen molar-refractivity contribution in [1.29, 1.82) is 0 Å². The highest BCUT2D eigenvalue weighted by atomic mass is 79.9. The largest absolute Gasteiger partial charge is 0.462 e. The Bertz CT molecular complexity index is 119. The van der Waals surface area contributed by atoms with Crippen molar-refractivity contribution in [3.05, 3.63) is 0 Å². The summed E-state index contributed by atoms with van der Waals surface area (Å²) in [7, 11) is 0. The number of esters is 1. The van der Waals surface area contributed by atoms with Gasteiger partial charge >= 0.3 is 5.97 Å². The van der Waals surface area contributed by atoms with Crippen LogP contribution in [0.2, 0.25) is 0 Å². The SMILES string of the molecule is CCC(CC)OC(=O)C(C)Br. The molecule has 1 unspecified atom stereocenters. The molecule has 66 valence electrons. The fourth-order valence-corrected chi connectivity index (χ4v) is 0.821. The Labute approximate surface area is 76.4 Å². The highest BCUT2D eigenvalue weighted by molar-refractivity contribution is 9.10. The Balaban J connectivity index is 3.72. The van der Waals surface area contributed by atoms with E-state index in [2.05, 4.69) is 15.9 Å². The van der Waals surface area contributed by atoms with Crippen LogP contribution in [0.3, 0.4) is 0 Å². The Hall–Kier alpha value is -0.0500. The van der Waals surface area contributed by atoms with Gasteiger partial charge in [0.15, 0.2) is 0 Å². The number of hydrogen-bond donors (Lipinski definition) is 0. The van der Waals surface area contributed by atoms with Crippen molar-refractivity contribution >= 4 is 21.9 Å². The quantitative estimate of drug-likeness (QED) is 0.540. The van der Waals surface area contributed by atoms with E-state index >= 15 is 0 Å². The summed E-state index contributed by atoms with van der Waals surface area (Å²) in [6.45, 7) is 5.80. The van der Waals surface area contributed by atoms with E-state index in [4.69, 9.17) is 4.74 Å². The lowest BCUT2D eigenvalue weighted by atomic mass is 10.2. The molecule has 0 saturated heterocycles. The Morgan fingerprint density at radius 3 is 2.18 bits per heavy atom. The molecule has 0 aliphatic carbocycles. The maximum Gasteiger partial charge on any atom is 0.319 e. The van der Waals surface area contributed by atoms with Crippen LogP contribution in [-0.4, -0.2) is 16.9 Å². The number of carbonyl (C=O) groups excluding carboxylic acids is 1. The summed E-state index contributed by atoms with van der Waals surface area (Å²) >= 11 is 3.15. The monoisotopic (exact) mass is 222 g/mol. The Morgan fingerprint density at radius 2 is 1.91 bits per heavy atom. The standard InChI is InChI=1S/C8H15BrO2/c1-4-7(5-2)11-8(10)6(3)9/h6-7H,4-5H2,1-3H3. The van der Waals surface area contributed by atoms with Crippen LogP contribution < -0.4 is 0 Å². The Morgan fingerprint density at radius 1 is 1.45 bits per heavy atom. The molecule has 0 bridgehead atoms. The van der Waals surface area contributed by atoms with Gasteiger partial charge in [0.2, 0.25) is 0 Å². The zero-order valence-corrected chi connectivity index (χ0v) is 8.85. The maximum absolute atomic E-state index is 11.0. The first-order chi connectivity index (χ1) is 5.11. The second-order valence-electron chi connectivity index (χ2n) is 2.49. The molecular formula is C8H15BrO2. The lowest BCUT2D eigenvalue weighted by molar-refractivity contribution is -0.148. The van der Waals surface area contributed by atoms with Gasteiger partial charge in [0.1, 0.15) is 10.9 Å². The van der Waals surface area contributed by atoms with Gasteiger partial charge in [0.25, 0.3) is 0 Å². The third kappa shape index (κ3) is 4.40. The second kappa shape index (κ2) is 5.58. The van der Waals surface area contributed by atoms with Gasteiger partial charge in [-0.05, 0) is 19.8 Å². The van der Waals surface area contributed by atoms with Crippen molar-refractivity contribution in [3.8, 4) is 0 Å². The van der Waals surface area contributed by atoms with Crippen molar-refractivity contribution < 1.29 is 9.53 Å². The molecule has 0 aromatic rings. The molecule has 0 aliphatic rings. The van der Waals surface area contributed by atoms with E-state index in [1.807, 2.05) is 13.8 Å². The lowest BCUT2D eigenvalue weighted by Crippen LogP contribution is -2.21. The minimum atomic E-state index is -0.192. The van der Waals surface area contributed by atoms with Gasteiger partial charge in [0.05, 0.1) is 0 Å². The third-order valence-electron chi connectivity index (χ3n) is 1.52. The van der Waals surface area contributed by atoms with E-state index in [1.165, 1.54) is 0 Å². The summed E-state index contributed by atoms with van der Waals surface area (Å²) < 4.78 is 5.12. The third-order valence-corrected chi connectivity index (χ3v) is 1.89. The van der Waals surface area contributed by atoms with Crippen LogP contribution in [-0.2, 0) is 9.53 Å². The Kier molecular flexibility index (Phi) is 5.56. The van der Waals surface area contributed by atoms with Crippen molar-refractivity contribution in [2.24, 2.45) is 0 Å². The molecule has 0 aliphatic heterocycles. The number of ether oxygens (including phenoxy) is 1. The molecule has 0 spiro atoms. The molecule has 0 aromatic heterocycles. The van der Waals surface area contributed by atoms with Crippen LogP contribution >= 0.6 is 15.9 Å². The molecule has 0 rings (SSSR count). The summed E-state index contributed by atoms with van der Waals surface area (Å²) in [5.41, 5.74) is 0. The average Bonchev–Trinajstić information content (AvgIpc) is 1.99. The number of rotatable bonds is 4. The summed E-state index contributed by atoms with van der Waals surface area (Å²) in [5.74, 6) is -0.168. The molecule has 0 radical (unpaired) electrons. The highest BCUT2D eigenvalue weighted by Crippen LogP contribution is 2.07. The summed E-state index contributed by atoms with van der Waals surface area (Å²) in [4.78, 5) is 10.8. The molecule has 0 heterocycles. The molecule has 0 amide bonds. The predicted molar refractivity (Wildman–Crippen MR) is 48.9 cm³/mol. The van der Waals surface area contributed by atoms with Crippen LogP contribution in [0.25, 0.3) is 0 Å². The van der Waals surface area contributed by atoms with Crippen LogP contribution in [0.4, 0.5) is 0 Å². The van der Waals surface area contributed by atoms with E-state index in [0.29, 0.717) is 0 Å². The van der Waals surface area contributed by atoms with E-state index in [-0.39, 0.29) is 16.9 Å². The number of hydrogen-bond acceptors (Lipinski definition) is 2. The molecule has 0 fully saturated rings. The van der Waals surface area contributed by atoms with Gasteiger partial charge in [-0.25, -0.2) is 0 Å². The van der Waals surface area contributed by atoms with Gasteiger partial charge in [-0.2, -0.15) is 0 Å². The molecule has 11 heavy (non-hydrogen) atoms. The van der Waals surface area contributed by atoms with E-state index in [1.54, 1.807) is 6.92 Å². The van der Waals surface area contributed by atoms with Crippen LogP contribution in [0, 0.1) is 0 Å². The summed E-state index contributed by atoms with van der Waals surface area (Å²) in [6, 6.07) is 0. The first kappa shape index (κ1) is 11.0. The predicted octanol–water partition coefficient (Wildman–Crippen LogP) is 2.50. The molecule has 2 nitrogen and oxygen atoms in total. The van der Waals surface area contributed by atoms with Crippen LogP contribution in [0.5, 0.6) is 0 Å². The summed E-state index contributed by atoms with van der Waals surface area (Å²) in [5, 5.41) is 0. The van der Waals surface area contributed by atoms with Crippen molar-refractivity contribution in [3.63, 3.8) is 0 Å². The van der Waals surface area contributed by atoms with Gasteiger partial charge in [-0.3, -0.25) is 4.79 Å². The number of alkyl halides is 1. The summed E-state index contributed by atoms with van der Waals surface area (Å²) in [6.07, 6.45) is 1.87. The van der Waals surface area contributed by atoms with Gasteiger partial charge < -0.3 is 4.74 Å². The number of carbonyl (C=O) groups is 1. The van der Waals surface area contributed by atoms with Crippen molar-refractivity contribution in [1.82, 2.24) is 0 Å². The van der Waals surface area contributed by atoms with Crippen molar-refractivity contribution in [2.45, 2.75) is 44.5 Å². The normalized spacial score (nSPS) is 13.2. The molecule has 1 atom stereocenters. The zero-order valence-electron chi connectivity index (χ0n) is 7.26. The fraction of sp³-hybridized carbons (Fsp3) is 0.875. The first-order valence-electron chi connectivity index (χ1n) is 3.96. The molecule has 0 saturated carbocycles. The van der Waals surface area contributed by atoms with Crippen LogP contribution in [0.1, 0.15) is 33.6 Å². The van der Waals surface area contributed by atoms with E-state index in [0.717, 1.165) is 12.8 Å². The maximum atomic E-state index is 11.0. The molecule has 3 heteroatoms. The highest BCUT2D eigenvalue weighted by Gasteiger charge is 2.14. The van der Waals surface area contributed by atoms with Crippen molar-refractivity contribution in [2.75, 3.05) is 0 Å². The first-order valence-corrected chi connectivity index (χ1v) is 4.87. The van der Waals surface area contributed by atoms with E-state index in [9.17, 15) is 4.79 Å². The number of halogens is 1.